The van der Waals surface area contributed by atoms with E-state index in [0.29, 0.717) is 11.6 Å². The number of benzene rings is 1. The molecule has 3 aromatic rings. The molecular weight excluding hydrogens is 328 g/mol. The highest BCUT2D eigenvalue weighted by Crippen LogP contribution is 2.22. The number of hydrogen-bond acceptors (Lipinski definition) is 2. The zero-order valence-corrected chi connectivity index (χ0v) is 12.2. The van der Waals surface area contributed by atoms with Crippen LogP contribution < -0.4 is 4.74 Å². The van der Waals surface area contributed by atoms with Gasteiger partial charge in [-0.15, -0.1) is 0 Å². The molecule has 0 fully saturated rings. The fraction of sp³-hybridized carbons (Fsp3) is 0.0714. The molecule has 0 saturated carbocycles. The molecule has 0 spiro atoms. The van der Waals surface area contributed by atoms with Gasteiger partial charge in [-0.2, -0.15) is 0 Å². The van der Waals surface area contributed by atoms with E-state index in [0.717, 1.165) is 21.7 Å². The zero-order valence-electron chi connectivity index (χ0n) is 9.88. The first kappa shape index (κ1) is 12.5. The SMILES string of the molecule is Clc1ccc2nc(COc3ccccc3)c(Br)n2c1. The quantitative estimate of drug-likeness (QED) is 0.711. The molecule has 0 aliphatic carbocycles. The topological polar surface area (TPSA) is 26.5 Å². The summed E-state index contributed by atoms with van der Waals surface area (Å²) in [6.07, 6.45) is 1.82. The first-order chi connectivity index (χ1) is 9.24. The van der Waals surface area contributed by atoms with Crippen molar-refractivity contribution in [3.8, 4) is 5.75 Å². The molecule has 3 nitrogen and oxygen atoms in total. The summed E-state index contributed by atoms with van der Waals surface area (Å²) in [5.74, 6) is 0.824. The van der Waals surface area contributed by atoms with E-state index < -0.39 is 0 Å². The minimum absolute atomic E-state index is 0.407. The first-order valence-corrected chi connectivity index (χ1v) is 6.91. The van der Waals surface area contributed by atoms with Crippen molar-refractivity contribution in [2.75, 3.05) is 0 Å². The molecule has 0 aliphatic rings. The van der Waals surface area contributed by atoms with Gasteiger partial charge in [0.1, 0.15) is 28.3 Å². The second kappa shape index (κ2) is 5.23. The van der Waals surface area contributed by atoms with Gasteiger partial charge in [0.2, 0.25) is 0 Å². The summed E-state index contributed by atoms with van der Waals surface area (Å²) in [7, 11) is 0. The van der Waals surface area contributed by atoms with Crippen LogP contribution in [0.15, 0.2) is 53.3 Å². The molecule has 0 saturated heterocycles. The molecule has 0 amide bonds. The Morgan fingerprint density at radius 1 is 1.16 bits per heavy atom. The number of rotatable bonds is 3. The lowest BCUT2D eigenvalue weighted by molar-refractivity contribution is 0.301. The second-order valence-electron chi connectivity index (χ2n) is 4.03. The summed E-state index contributed by atoms with van der Waals surface area (Å²) in [5.41, 5.74) is 1.68. The molecule has 5 heteroatoms. The van der Waals surface area contributed by atoms with Crippen LogP contribution in [0.3, 0.4) is 0 Å². The van der Waals surface area contributed by atoms with Crippen molar-refractivity contribution in [1.82, 2.24) is 9.38 Å². The molecule has 1 aromatic carbocycles. The molecule has 0 N–H and O–H groups in total. The lowest BCUT2D eigenvalue weighted by Gasteiger charge is -2.03. The number of fused-ring (bicyclic) bond motifs is 1. The van der Waals surface area contributed by atoms with Crippen LogP contribution in [0, 0.1) is 0 Å². The number of aromatic nitrogens is 2. The first-order valence-electron chi connectivity index (χ1n) is 5.74. The van der Waals surface area contributed by atoms with Crippen LogP contribution in [-0.4, -0.2) is 9.38 Å². The Bertz CT molecular complexity index is 712. The van der Waals surface area contributed by atoms with Gasteiger partial charge in [-0.25, -0.2) is 4.98 Å². The van der Waals surface area contributed by atoms with Gasteiger partial charge in [-0.3, -0.25) is 4.40 Å². The molecule has 19 heavy (non-hydrogen) atoms. The van der Waals surface area contributed by atoms with Crippen LogP contribution in [0.25, 0.3) is 5.65 Å². The summed E-state index contributed by atoms with van der Waals surface area (Å²) in [5, 5.41) is 0.668. The Hall–Kier alpha value is -1.52. The van der Waals surface area contributed by atoms with Crippen molar-refractivity contribution >= 4 is 33.2 Å². The van der Waals surface area contributed by atoms with Gasteiger partial charge in [0.15, 0.2) is 0 Å². The molecular formula is C14H10BrClN2O. The van der Waals surface area contributed by atoms with Crippen molar-refractivity contribution < 1.29 is 4.74 Å². The maximum Gasteiger partial charge on any atom is 0.138 e. The molecule has 0 radical (unpaired) electrons. The van der Waals surface area contributed by atoms with Crippen molar-refractivity contribution in [2.45, 2.75) is 6.61 Å². The Balaban J connectivity index is 1.87. The third-order valence-electron chi connectivity index (χ3n) is 2.71. The van der Waals surface area contributed by atoms with E-state index in [4.69, 9.17) is 16.3 Å². The summed E-state index contributed by atoms with van der Waals surface area (Å²) in [4.78, 5) is 4.50. The molecule has 3 rings (SSSR count). The minimum Gasteiger partial charge on any atom is -0.487 e. The van der Waals surface area contributed by atoms with Crippen molar-refractivity contribution in [3.05, 3.63) is 64.0 Å². The largest absolute Gasteiger partial charge is 0.487 e. The van der Waals surface area contributed by atoms with Crippen LogP contribution in [0.2, 0.25) is 5.02 Å². The second-order valence-corrected chi connectivity index (χ2v) is 5.21. The number of imidazole rings is 1. The fourth-order valence-electron chi connectivity index (χ4n) is 1.80. The van der Waals surface area contributed by atoms with E-state index in [1.807, 2.05) is 53.1 Å². The molecule has 2 aromatic heterocycles. The van der Waals surface area contributed by atoms with E-state index in [9.17, 15) is 0 Å². The van der Waals surface area contributed by atoms with E-state index in [2.05, 4.69) is 20.9 Å². The average molecular weight is 338 g/mol. The fourth-order valence-corrected chi connectivity index (χ4v) is 2.45. The predicted octanol–water partition coefficient (Wildman–Crippen LogP) is 4.33. The highest BCUT2D eigenvalue weighted by molar-refractivity contribution is 9.10. The number of pyridine rings is 1. The predicted molar refractivity (Wildman–Crippen MR) is 78.7 cm³/mol. The maximum atomic E-state index is 5.97. The van der Waals surface area contributed by atoms with E-state index in [1.54, 1.807) is 0 Å². The monoisotopic (exact) mass is 336 g/mol. The Labute approximate surface area is 123 Å². The number of halogens is 2. The Morgan fingerprint density at radius 3 is 2.74 bits per heavy atom. The zero-order chi connectivity index (χ0) is 13.2. The third kappa shape index (κ3) is 2.60. The summed E-state index contributed by atoms with van der Waals surface area (Å²) < 4.78 is 8.45. The average Bonchev–Trinajstić information content (AvgIpc) is 2.74. The molecule has 0 aliphatic heterocycles. The minimum atomic E-state index is 0.407. The van der Waals surface area contributed by atoms with E-state index >= 15 is 0 Å². The van der Waals surface area contributed by atoms with Crippen LogP contribution in [0.4, 0.5) is 0 Å². The third-order valence-corrected chi connectivity index (χ3v) is 3.77. The number of hydrogen-bond donors (Lipinski definition) is 0. The van der Waals surface area contributed by atoms with Crippen LogP contribution in [0.1, 0.15) is 5.69 Å². The molecule has 0 atom stereocenters. The van der Waals surface area contributed by atoms with Gasteiger partial charge in [-0.05, 0) is 40.2 Å². The molecule has 0 bridgehead atoms. The van der Waals surface area contributed by atoms with Crippen molar-refractivity contribution in [3.63, 3.8) is 0 Å². The van der Waals surface area contributed by atoms with Crippen LogP contribution in [-0.2, 0) is 6.61 Å². The van der Waals surface area contributed by atoms with Gasteiger partial charge in [0, 0.05) is 6.20 Å². The molecule has 0 unspecified atom stereocenters. The van der Waals surface area contributed by atoms with Gasteiger partial charge in [-0.1, -0.05) is 29.8 Å². The number of para-hydroxylation sites is 1. The Morgan fingerprint density at radius 2 is 1.95 bits per heavy atom. The van der Waals surface area contributed by atoms with Gasteiger partial charge in [0.25, 0.3) is 0 Å². The summed E-state index contributed by atoms with van der Waals surface area (Å²) in [6.45, 7) is 0.407. The highest BCUT2D eigenvalue weighted by Gasteiger charge is 2.10. The van der Waals surface area contributed by atoms with Gasteiger partial charge >= 0.3 is 0 Å². The molecule has 2 heterocycles. The van der Waals surface area contributed by atoms with Gasteiger partial charge in [0.05, 0.1) is 5.02 Å². The number of ether oxygens (including phenoxy) is 1. The van der Waals surface area contributed by atoms with Crippen LogP contribution in [0.5, 0.6) is 5.75 Å². The normalized spacial score (nSPS) is 10.8. The lowest BCUT2D eigenvalue weighted by atomic mass is 10.3. The standard InChI is InChI=1S/C14H10BrClN2O/c15-14-12(9-19-11-4-2-1-3-5-11)17-13-7-6-10(16)8-18(13)14/h1-8H,9H2. The smallest absolute Gasteiger partial charge is 0.138 e. The highest BCUT2D eigenvalue weighted by atomic mass is 79.9. The Kier molecular flexibility index (Phi) is 3.44. The van der Waals surface area contributed by atoms with Crippen molar-refractivity contribution in [1.29, 1.82) is 0 Å². The number of nitrogens with zero attached hydrogens (tertiary/aromatic N) is 2. The van der Waals surface area contributed by atoms with Crippen LogP contribution >= 0.6 is 27.5 Å². The summed E-state index contributed by atoms with van der Waals surface area (Å²) in [6, 6.07) is 13.4. The van der Waals surface area contributed by atoms with Gasteiger partial charge < -0.3 is 4.74 Å². The molecule has 96 valence electrons. The summed E-state index contributed by atoms with van der Waals surface area (Å²) >= 11 is 9.49. The van der Waals surface area contributed by atoms with E-state index in [-0.39, 0.29) is 0 Å². The van der Waals surface area contributed by atoms with E-state index in [1.165, 1.54) is 0 Å². The maximum absolute atomic E-state index is 5.97. The lowest BCUT2D eigenvalue weighted by Crippen LogP contribution is -1.96. The van der Waals surface area contributed by atoms with Crippen molar-refractivity contribution in [2.24, 2.45) is 0 Å².